The van der Waals surface area contributed by atoms with Crippen molar-refractivity contribution in [2.75, 3.05) is 5.32 Å². The number of carbonyl (C=O) groups is 3. The highest BCUT2D eigenvalue weighted by atomic mass is 35.5. The summed E-state index contributed by atoms with van der Waals surface area (Å²) in [5.41, 5.74) is 5.37. The number of anilines is 1. The van der Waals surface area contributed by atoms with E-state index in [1.54, 1.807) is 40.7 Å². The number of nitrogens with one attached hydrogen (secondary N) is 2. The van der Waals surface area contributed by atoms with Gasteiger partial charge in [0.25, 0.3) is 0 Å². The molecule has 0 saturated heterocycles. The van der Waals surface area contributed by atoms with Crippen LogP contribution in [-0.2, 0) is 19.1 Å². The minimum atomic E-state index is -0.860. The number of aromatic nitrogens is 1. The number of hydrogen-bond acceptors (Lipinski definition) is 6. The van der Waals surface area contributed by atoms with Gasteiger partial charge in [-0.1, -0.05) is 18.5 Å². The standard InChI is InChI=1S/C19H29ClN4O4/c1-11(18(27)28-19(3,4)5)6-8-14(12(2)21)23-16(25)17(26)24-15-9-7-13(20)10-22-15/h7,9-12,14H,6,8,21H2,1-5H3,(H,23,25)(H,22,24,26)/t11-,12-,14+/m1/s1. The van der Waals surface area contributed by atoms with E-state index in [1.165, 1.54) is 12.3 Å². The van der Waals surface area contributed by atoms with Crippen LogP contribution in [-0.4, -0.2) is 40.5 Å². The Kier molecular flexibility index (Phi) is 8.84. The van der Waals surface area contributed by atoms with Crippen LogP contribution in [0.3, 0.4) is 0 Å². The fourth-order valence-corrected chi connectivity index (χ4v) is 2.38. The maximum Gasteiger partial charge on any atom is 0.314 e. The number of nitrogens with zero attached hydrogens (tertiary/aromatic N) is 1. The monoisotopic (exact) mass is 412 g/mol. The van der Waals surface area contributed by atoms with E-state index in [-0.39, 0.29) is 17.7 Å². The van der Waals surface area contributed by atoms with Gasteiger partial charge in [-0.15, -0.1) is 0 Å². The molecule has 9 heteroatoms. The average molecular weight is 413 g/mol. The van der Waals surface area contributed by atoms with Gasteiger partial charge in [-0.05, 0) is 52.7 Å². The predicted molar refractivity (Wildman–Crippen MR) is 108 cm³/mol. The molecule has 1 aromatic heterocycles. The van der Waals surface area contributed by atoms with E-state index in [1.807, 2.05) is 0 Å². The van der Waals surface area contributed by atoms with Gasteiger partial charge < -0.3 is 21.1 Å². The maximum absolute atomic E-state index is 12.2. The lowest BCUT2D eigenvalue weighted by atomic mass is 9.97. The quantitative estimate of drug-likeness (QED) is 0.466. The number of esters is 1. The summed E-state index contributed by atoms with van der Waals surface area (Å²) >= 11 is 5.73. The lowest BCUT2D eigenvalue weighted by molar-refractivity contribution is -0.159. The van der Waals surface area contributed by atoms with Crippen LogP contribution in [0.1, 0.15) is 47.5 Å². The molecule has 156 valence electrons. The highest BCUT2D eigenvalue weighted by Gasteiger charge is 2.25. The summed E-state index contributed by atoms with van der Waals surface area (Å²) in [7, 11) is 0. The molecular weight excluding hydrogens is 384 g/mol. The van der Waals surface area contributed by atoms with Crippen LogP contribution in [0.15, 0.2) is 18.3 Å². The molecule has 0 saturated carbocycles. The second-order valence-corrected chi connectivity index (χ2v) is 8.20. The minimum absolute atomic E-state index is 0.209. The third-order valence-electron chi connectivity index (χ3n) is 3.85. The Bertz CT molecular complexity index is 686. The van der Waals surface area contributed by atoms with Gasteiger partial charge in [-0.25, -0.2) is 4.98 Å². The molecule has 0 aliphatic heterocycles. The van der Waals surface area contributed by atoms with Gasteiger partial charge >= 0.3 is 17.8 Å². The summed E-state index contributed by atoms with van der Waals surface area (Å²) < 4.78 is 5.35. The molecule has 0 aliphatic rings. The van der Waals surface area contributed by atoms with Crippen LogP contribution in [0.2, 0.25) is 5.02 Å². The van der Waals surface area contributed by atoms with Gasteiger partial charge in [-0.3, -0.25) is 14.4 Å². The number of halogens is 1. The van der Waals surface area contributed by atoms with E-state index in [2.05, 4.69) is 15.6 Å². The molecule has 28 heavy (non-hydrogen) atoms. The van der Waals surface area contributed by atoms with Crippen molar-refractivity contribution >= 4 is 35.2 Å². The molecule has 0 fully saturated rings. The van der Waals surface area contributed by atoms with Crippen molar-refractivity contribution in [3.8, 4) is 0 Å². The van der Waals surface area contributed by atoms with Gasteiger partial charge in [0, 0.05) is 18.3 Å². The molecule has 0 bridgehead atoms. The number of carbonyl (C=O) groups excluding carboxylic acids is 3. The molecule has 0 aliphatic carbocycles. The van der Waals surface area contributed by atoms with Crippen LogP contribution in [0, 0.1) is 5.92 Å². The summed E-state index contributed by atoms with van der Waals surface area (Å²) in [4.78, 5) is 40.2. The summed E-state index contributed by atoms with van der Waals surface area (Å²) in [6.07, 6.45) is 2.25. The topological polar surface area (TPSA) is 123 Å². The summed E-state index contributed by atoms with van der Waals surface area (Å²) in [6.45, 7) is 8.89. The molecule has 0 spiro atoms. The van der Waals surface area contributed by atoms with Crippen molar-refractivity contribution in [1.29, 1.82) is 0 Å². The first-order chi connectivity index (χ1) is 12.9. The van der Waals surface area contributed by atoms with E-state index >= 15 is 0 Å². The first-order valence-electron chi connectivity index (χ1n) is 9.11. The summed E-state index contributed by atoms with van der Waals surface area (Å²) in [6, 6.07) is 2.15. The first-order valence-corrected chi connectivity index (χ1v) is 9.48. The molecule has 0 unspecified atom stereocenters. The number of hydrogen-bond donors (Lipinski definition) is 3. The zero-order valence-electron chi connectivity index (χ0n) is 16.9. The van der Waals surface area contributed by atoms with Gasteiger partial charge in [0.05, 0.1) is 10.9 Å². The van der Waals surface area contributed by atoms with Crippen LogP contribution in [0.5, 0.6) is 0 Å². The molecule has 8 nitrogen and oxygen atoms in total. The Morgan fingerprint density at radius 1 is 1.18 bits per heavy atom. The number of rotatable bonds is 7. The molecule has 0 radical (unpaired) electrons. The fourth-order valence-electron chi connectivity index (χ4n) is 2.27. The van der Waals surface area contributed by atoms with Crippen molar-refractivity contribution in [2.45, 2.75) is 65.1 Å². The Morgan fingerprint density at radius 3 is 2.32 bits per heavy atom. The predicted octanol–water partition coefficient (Wildman–Crippen LogP) is 2.26. The first kappa shape index (κ1) is 23.8. The van der Waals surface area contributed by atoms with Crippen LogP contribution < -0.4 is 16.4 Å². The Hall–Kier alpha value is -2.19. The smallest absolute Gasteiger partial charge is 0.314 e. The van der Waals surface area contributed by atoms with E-state index in [4.69, 9.17) is 22.1 Å². The molecular formula is C19H29ClN4O4. The molecule has 2 amide bonds. The summed E-state index contributed by atoms with van der Waals surface area (Å²) in [5, 5.41) is 5.41. The van der Waals surface area contributed by atoms with E-state index in [0.29, 0.717) is 17.9 Å². The second-order valence-electron chi connectivity index (χ2n) is 7.77. The largest absolute Gasteiger partial charge is 0.460 e. The molecule has 3 atom stereocenters. The lowest BCUT2D eigenvalue weighted by Crippen LogP contribution is -2.49. The SMILES string of the molecule is C[C@H](CC[C@H](NC(=O)C(=O)Nc1ccc(Cl)cn1)[C@@H](C)N)C(=O)OC(C)(C)C. The third kappa shape index (κ3) is 8.67. The van der Waals surface area contributed by atoms with Gasteiger partial charge in [0.2, 0.25) is 0 Å². The second kappa shape index (κ2) is 10.4. The van der Waals surface area contributed by atoms with E-state index < -0.39 is 29.5 Å². The van der Waals surface area contributed by atoms with Gasteiger partial charge in [-0.2, -0.15) is 0 Å². The van der Waals surface area contributed by atoms with Crippen molar-refractivity contribution in [3.63, 3.8) is 0 Å². The Balaban J connectivity index is 2.58. The summed E-state index contributed by atoms with van der Waals surface area (Å²) in [5.74, 6) is -2.15. The minimum Gasteiger partial charge on any atom is -0.460 e. The van der Waals surface area contributed by atoms with Crippen molar-refractivity contribution in [3.05, 3.63) is 23.4 Å². The normalized spacial score (nSPS) is 14.5. The highest BCUT2D eigenvalue weighted by Crippen LogP contribution is 2.16. The number of nitrogens with two attached hydrogens (primary N) is 1. The van der Waals surface area contributed by atoms with Gasteiger partial charge in [0.15, 0.2) is 0 Å². The molecule has 1 heterocycles. The fraction of sp³-hybridized carbons (Fsp3) is 0.579. The number of pyridine rings is 1. The molecule has 1 rings (SSSR count). The average Bonchev–Trinajstić information content (AvgIpc) is 2.58. The van der Waals surface area contributed by atoms with Crippen molar-refractivity contribution in [1.82, 2.24) is 10.3 Å². The molecule has 0 aromatic carbocycles. The van der Waals surface area contributed by atoms with Crippen molar-refractivity contribution < 1.29 is 19.1 Å². The zero-order valence-corrected chi connectivity index (χ0v) is 17.7. The molecule has 4 N–H and O–H groups in total. The third-order valence-corrected chi connectivity index (χ3v) is 4.07. The number of amides is 2. The van der Waals surface area contributed by atoms with Gasteiger partial charge in [0.1, 0.15) is 11.4 Å². The van der Waals surface area contributed by atoms with Crippen LogP contribution in [0.4, 0.5) is 5.82 Å². The van der Waals surface area contributed by atoms with Crippen molar-refractivity contribution in [2.24, 2.45) is 11.7 Å². The number of ether oxygens (including phenoxy) is 1. The van der Waals surface area contributed by atoms with Crippen LogP contribution >= 0.6 is 11.6 Å². The lowest BCUT2D eigenvalue weighted by Gasteiger charge is -2.25. The van der Waals surface area contributed by atoms with E-state index in [9.17, 15) is 14.4 Å². The van der Waals surface area contributed by atoms with Crippen LogP contribution in [0.25, 0.3) is 0 Å². The maximum atomic E-state index is 12.2. The Morgan fingerprint density at radius 2 is 1.82 bits per heavy atom. The van der Waals surface area contributed by atoms with E-state index in [0.717, 1.165) is 0 Å². The highest BCUT2D eigenvalue weighted by molar-refractivity contribution is 6.39. The molecule has 1 aromatic rings. The Labute approximate surface area is 170 Å². The zero-order chi connectivity index (χ0) is 21.5.